The summed E-state index contributed by atoms with van der Waals surface area (Å²) in [6, 6.07) is 35.0. The highest BCUT2D eigenvalue weighted by molar-refractivity contribution is 6.31. The molecule has 0 aliphatic carbocycles. The molecule has 3 N–H and O–H groups in total. The van der Waals surface area contributed by atoms with Crippen molar-refractivity contribution >= 4 is 45.9 Å². The molecule has 0 saturated carbocycles. The van der Waals surface area contributed by atoms with Gasteiger partial charge in [0.05, 0.1) is 24.6 Å². The van der Waals surface area contributed by atoms with Gasteiger partial charge in [-0.3, -0.25) is 24.2 Å². The van der Waals surface area contributed by atoms with Crippen molar-refractivity contribution in [2.45, 2.75) is 57.3 Å². The molecule has 12 heteroatoms. The summed E-state index contributed by atoms with van der Waals surface area (Å²) in [4.78, 5) is 56.1. The molecule has 4 aromatic carbocycles. The largest absolute Gasteiger partial charge is 0.373 e. The maximum Gasteiger partial charge on any atom is 0.268 e. The first-order chi connectivity index (χ1) is 27.5. The van der Waals surface area contributed by atoms with Gasteiger partial charge in [-0.1, -0.05) is 116 Å². The second kappa shape index (κ2) is 18.3. The molecule has 6 aromatic rings. The van der Waals surface area contributed by atoms with Crippen LogP contribution in [-0.4, -0.2) is 69.6 Å². The molecule has 0 radical (unpaired) electrons. The summed E-state index contributed by atoms with van der Waals surface area (Å²) in [5.74, 6) is -1.31. The third-order valence-corrected chi connectivity index (χ3v) is 10.3. The van der Waals surface area contributed by atoms with Gasteiger partial charge >= 0.3 is 0 Å². The fourth-order valence-corrected chi connectivity index (χ4v) is 7.34. The summed E-state index contributed by atoms with van der Waals surface area (Å²) < 4.78 is 2.06. The summed E-state index contributed by atoms with van der Waals surface area (Å²) >= 11 is 6.17. The van der Waals surface area contributed by atoms with E-state index in [0.29, 0.717) is 28.3 Å². The number of hydroxylamine groups is 2. The average Bonchev–Trinajstić information content (AvgIpc) is 3.69. The van der Waals surface area contributed by atoms with Gasteiger partial charge in [0.2, 0.25) is 11.8 Å². The number of fused-ring (bicyclic) bond motifs is 1. The lowest BCUT2D eigenvalue weighted by Crippen LogP contribution is -2.56. The third-order valence-electron chi connectivity index (χ3n) is 10.0. The van der Waals surface area contributed by atoms with Crippen LogP contribution >= 0.6 is 11.6 Å². The minimum atomic E-state index is -1.07. The molecule has 0 unspecified atom stereocenters. The molecule has 57 heavy (non-hydrogen) atoms. The molecule has 3 amide bonds. The fourth-order valence-electron chi connectivity index (χ4n) is 7.17. The lowest BCUT2D eigenvalue weighted by atomic mass is 9.77. The second-order valence-corrected chi connectivity index (χ2v) is 14.9. The lowest BCUT2D eigenvalue weighted by molar-refractivity contribution is -0.171. The smallest absolute Gasteiger partial charge is 0.268 e. The predicted octanol–water partition coefficient (Wildman–Crippen LogP) is 7.00. The molecule has 0 bridgehead atoms. The highest BCUT2D eigenvalue weighted by Gasteiger charge is 2.39. The molecule has 6 rings (SSSR count). The van der Waals surface area contributed by atoms with Crippen molar-refractivity contribution in [2.75, 3.05) is 19.5 Å². The number of pyridine rings is 1. The Hall–Kier alpha value is -6.04. The van der Waals surface area contributed by atoms with Crippen molar-refractivity contribution in [3.8, 4) is 0 Å². The standard InChI is InChI=1S/C45H48ClN7O4/c1-30(2)25-40(50-42(54)31(3)49-38-23-24-47-39-26-35(46)21-22-37(38)39)43(55)51-41(44(56)52(4)57-5)27-36-28-53(29-48-36)45(32-15-9-6-10-16-32,33-17-11-7-12-18-33)34-19-13-8-14-20-34/h6-24,26,28-31,40-41H,25,27H2,1-5H3,(H,47,49)(H,50,54)(H,51,55)/t31-,40-,41-/m0/s1. The van der Waals surface area contributed by atoms with E-state index in [1.165, 1.54) is 14.2 Å². The number of hydrogen-bond donors (Lipinski definition) is 3. The predicted molar refractivity (Wildman–Crippen MR) is 223 cm³/mol. The Morgan fingerprint density at radius 3 is 1.93 bits per heavy atom. The molecule has 0 saturated heterocycles. The summed E-state index contributed by atoms with van der Waals surface area (Å²) in [6.07, 6.45) is 5.72. The second-order valence-electron chi connectivity index (χ2n) is 14.4. The molecule has 3 atom stereocenters. The Balaban J connectivity index is 1.28. The van der Waals surface area contributed by atoms with Crippen molar-refractivity contribution in [2.24, 2.45) is 5.92 Å². The van der Waals surface area contributed by atoms with Gasteiger partial charge in [0.1, 0.15) is 23.7 Å². The Morgan fingerprint density at radius 1 is 0.789 bits per heavy atom. The van der Waals surface area contributed by atoms with Crippen LogP contribution in [-0.2, 0) is 31.2 Å². The van der Waals surface area contributed by atoms with Crippen LogP contribution < -0.4 is 16.0 Å². The van der Waals surface area contributed by atoms with Crippen molar-refractivity contribution < 1.29 is 19.2 Å². The van der Waals surface area contributed by atoms with E-state index in [-0.39, 0.29) is 18.2 Å². The van der Waals surface area contributed by atoms with E-state index in [2.05, 4.69) is 61.9 Å². The number of nitrogens with one attached hydrogen (secondary N) is 3. The van der Waals surface area contributed by atoms with Gasteiger partial charge in [-0.25, -0.2) is 10.0 Å². The SMILES string of the molecule is CON(C)C(=O)[C@H](Cc1cn(C(c2ccccc2)(c2ccccc2)c2ccccc2)cn1)NC(=O)[C@H](CC(C)C)NC(=O)[C@H](C)Nc1ccnc2cc(Cl)ccc12. The number of carbonyl (C=O) groups is 3. The number of aromatic nitrogens is 3. The quantitative estimate of drug-likeness (QED) is 0.0712. The Kier molecular flexibility index (Phi) is 13.0. The highest BCUT2D eigenvalue weighted by atomic mass is 35.5. The van der Waals surface area contributed by atoms with Crippen LogP contribution in [0.2, 0.25) is 5.02 Å². The number of likely N-dealkylation sites (N-methyl/N-ethyl adjacent to an activating group) is 1. The number of carbonyl (C=O) groups excluding carboxylic acids is 3. The molecule has 0 aliphatic heterocycles. The minimum absolute atomic E-state index is 0.0480. The van der Waals surface area contributed by atoms with Crippen LogP contribution in [0.15, 0.2) is 134 Å². The zero-order valence-corrected chi connectivity index (χ0v) is 33.5. The van der Waals surface area contributed by atoms with Gasteiger partial charge in [-0.2, -0.15) is 0 Å². The van der Waals surface area contributed by atoms with Crippen LogP contribution in [0.25, 0.3) is 10.9 Å². The first-order valence-corrected chi connectivity index (χ1v) is 19.3. The Bertz CT molecular complexity index is 2190. The monoisotopic (exact) mass is 785 g/mol. The van der Waals surface area contributed by atoms with Crippen molar-refractivity contribution in [1.82, 2.24) is 30.2 Å². The molecule has 11 nitrogen and oxygen atoms in total. The maximum absolute atomic E-state index is 14.1. The summed E-state index contributed by atoms with van der Waals surface area (Å²) in [6.45, 7) is 5.65. The third kappa shape index (κ3) is 9.17. The van der Waals surface area contributed by atoms with Crippen LogP contribution in [0.1, 0.15) is 49.6 Å². The number of hydrogen-bond acceptors (Lipinski definition) is 7. The van der Waals surface area contributed by atoms with E-state index in [4.69, 9.17) is 21.4 Å². The number of rotatable bonds is 16. The van der Waals surface area contributed by atoms with Gasteiger partial charge < -0.3 is 20.5 Å². The van der Waals surface area contributed by atoms with Crippen LogP contribution in [0.5, 0.6) is 0 Å². The number of anilines is 1. The van der Waals surface area contributed by atoms with E-state index >= 15 is 0 Å². The normalized spacial score (nSPS) is 13.1. The molecule has 2 aromatic heterocycles. The number of benzene rings is 4. The molecular weight excluding hydrogens is 738 g/mol. The van der Waals surface area contributed by atoms with Crippen LogP contribution in [0.3, 0.4) is 0 Å². The summed E-state index contributed by atoms with van der Waals surface area (Å²) in [7, 11) is 2.87. The summed E-state index contributed by atoms with van der Waals surface area (Å²) in [5, 5.41) is 11.6. The maximum atomic E-state index is 14.1. The first-order valence-electron chi connectivity index (χ1n) is 18.9. The van der Waals surface area contributed by atoms with Gasteiger partial charge in [0.25, 0.3) is 5.91 Å². The molecule has 294 valence electrons. The zero-order chi connectivity index (χ0) is 40.5. The molecular formula is C45H48ClN7O4. The van der Waals surface area contributed by atoms with Crippen LogP contribution in [0, 0.1) is 5.92 Å². The Labute approximate surface area is 338 Å². The first kappa shape index (κ1) is 40.6. The topological polar surface area (TPSA) is 130 Å². The van der Waals surface area contributed by atoms with Gasteiger partial charge in [-0.15, -0.1) is 0 Å². The molecule has 2 heterocycles. The van der Waals surface area contributed by atoms with Gasteiger partial charge in [0.15, 0.2) is 0 Å². The highest BCUT2D eigenvalue weighted by Crippen LogP contribution is 2.41. The molecule has 0 aliphatic rings. The fraction of sp³-hybridized carbons (Fsp3) is 0.267. The zero-order valence-electron chi connectivity index (χ0n) is 32.7. The van der Waals surface area contributed by atoms with Gasteiger partial charge in [0, 0.05) is 42.0 Å². The van der Waals surface area contributed by atoms with Crippen molar-refractivity contribution in [3.63, 3.8) is 0 Å². The van der Waals surface area contributed by atoms with Crippen molar-refractivity contribution in [1.29, 1.82) is 0 Å². The average molecular weight is 786 g/mol. The Morgan fingerprint density at radius 2 is 1.37 bits per heavy atom. The van der Waals surface area contributed by atoms with E-state index in [0.717, 1.165) is 27.1 Å². The van der Waals surface area contributed by atoms with E-state index in [1.54, 1.807) is 37.6 Å². The van der Waals surface area contributed by atoms with E-state index in [9.17, 15) is 14.4 Å². The van der Waals surface area contributed by atoms with Crippen LogP contribution in [0.4, 0.5) is 5.69 Å². The number of halogens is 1. The number of nitrogens with zero attached hydrogens (tertiary/aromatic N) is 4. The number of imidazole rings is 1. The van der Waals surface area contributed by atoms with Crippen molar-refractivity contribution in [3.05, 3.63) is 161 Å². The van der Waals surface area contributed by atoms with E-state index in [1.807, 2.05) is 80.7 Å². The minimum Gasteiger partial charge on any atom is -0.373 e. The number of amides is 3. The molecule has 0 spiro atoms. The van der Waals surface area contributed by atoms with E-state index < -0.39 is 35.5 Å². The van der Waals surface area contributed by atoms with Gasteiger partial charge in [-0.05, 0) is 60.2 Å². The summed E-state index contributed by atoms with van der Waals surface area (Å²) in [5.41, 5.74) is 4.20. The molecule has 0 fully saturated rings. The lowest BCUT2D eigenvalue weighted by Gasteiger charge is -2.37.